The molecular weight excluding hydrogens is 1030 g/mol. The maximum atomic E-state index is 5.26. The molecule has 13 aromatic rings. The summed E-state index contributed by atoms with van der Waals surface area (Å²) in [6.45, 7) is 0. The molecule has 0 bridgehead atoms. The second-order valence-electron chi connectivity index (χ2n) is 16.3. The van der Waals surface area contributed by atoms with E-state index >= 15 is 0 Å². The summed E-state index contributed by atoms with van der Waals surface area (Å²) < 4.78 is 7.18. The van der Waals surface area contributed by atoms with Crippen molar-refractivity contribution in [2.45, 2.75) is 12.8 Å². The number of rotatable bonds is 8. The molecule has 68 heavy (non-hydrogen) atoms. The Morgan fingerprint density at radius 3 is 2.15 bits per heavy atom. The molecule has 0 atom stereocenters. The van der Waals surface area contributed by atoms with Crippen LogP contribution in [0.25, 0.3) is 98.6 Å². The van der Waals surface area contributed by atoms with Gasteiger partial charge in [-0.2, -0.15) is 11.3 Å². The zero-order chi connectivity index (χ0) is 44.5. The van der Waals surface area contributed by atoms with Gasteiger partial charge in [-0.1, -0.05) is 101 Å². The van der Waals surface area contributed by atoms with E-state index in [1.54, 1.807) is 0 Å². The average molecular weight is 1070 g/mol. The summed E-state index contributed by atoms with van der Waals surface area (Å²) in [5, 5.41) is 2.61. The zero-order valence-corrected chi connectivity index (χ0v) is 39.8. The summed E-state index contributed by atoms with van der Waals surface area (Å²) in [5.74, 6) is 0.886. The third-order valence-electron chi connectivity index (χ3n) is 12.2. The minimum Gasteiger partial charge on any atom is -0.305 e. The summed E-state index contributed by atoms with van der Waals surface area (Å²) >= 11 is 1.81. The van der Waals surface area contributed by atoms with Crippen LogP contribution in [0, 0.1) is 18.2 Å². The molecule has 0 saturated carbocycles. The summed E-state index contributed by atoms with van der Waals surface area (Å²) in [6, 6.07) is 76.9. The Balaban J connectivity index is 0.000000211. The first kappa shape index (κ1) is 42.7. The smallest absolute Gasteiger partial charge is 0.305 e. The molecule has 0 saturated heterocycles. The van der Waals surface area contributed by atoms with Gasteiger partial charge in [-0.15, -0.1) is 89.5 Å². The van der Waals surface area contributed by atoms with Gasteiger partial charge in [0, 0.05) is 29.0 Å². The number of pyridine rings is 3. The van der Waals surface area contributed by atoms with E-state index in [2.05, 4.69) is 158 Å². The molecule has 6 aromatic heterocycles. The maximum absolute atomic E-state index is 5.26. The molecule has 324 valence electrons. The van der Waals surface area contributed by atoms with E-state index in [0.29, 0.717) is 0 Å². The Morgan fingerprint density at radius 1 is 0.529 bits per heavy atom. The Hall–Kier alpha value is -7.87. The number of imidazole rings is 2. The minimum absolute atomic E-state index is 0. The number of aromatic nitrogens is 6. The van der Waals surface area contributed by atoms with Gasteiger partial charge in [0.05, 0.1) is 22.1 Å². The topological polar surface area (TPSA) is 60.9 Å². The SMILES string of the molecule is [Ir+3].[c-]1ccc(-c2cccc3nc4n(-c5ccccc5)c5ccc(CCc6cccnc6-c6[c-]cccc6)cc5n4c23)cc1-c1ccccn1.[c-]1ccc2c(sc3ccccc32)c1-c1ccccn1. The quantitative estimate of drug-likeness (QED) is 0.142. The van der Waals surface area contributed by atoms with E-state index in [-0.39, 0.29) is 20.1 Å². The van der Waals surface area contributed by atoms with Crippen molar-refractivity contribution in [1.29, 1.82) is 0 Å². The molecule has 0 aliphatic rings. The van der Waals surface area contributed by atoms with Crippen LogP contribution < -0.4 is 0 Å². The monoisotopic (exact) mass is 1070 g/mol. The van der Waals surface area contributed by atoms with Crippen molar-refractivity contribution < 1.29 is 20.1 Å². The fourth-order valence-electron chi connectivity index (χ4n) is 9.16. The van der Waals surface area contributed by atoms with Crippen LogP contribution in [0.2, 0.25) is 0 Å². The van der Waals surface area contributed by atoms with Crippen LogP contribution in [-0.4, -0.2) is 28.9 Å². The molecule has 7 aromatic carbocycles. The summed E-state index contributed by atoms with van der Waals surface area (Å²) in [4.78, 5) is 19.0. The molecule has 13 rings (SSSR count). The van der Waals surface area contributed by atoms with Gasteiger partial charge in [-0.25, -0.2) is 4.98 Å². The van der Waals surface area contributed by atoms with Crippen molar-refractivity contribution in [3.8, 4) is 50.6 Å². The molecule has 0 unspecified atom stereocenters. The van der Waals surface area contributed by atoms with Crippen molar-refractivity contribution in [3.05, 3.63) is 242 Å². The Labute approximate surface area is 411 Å². The van der Waals surface area contributed by atoms with Gasteiger partial charge >= 0.3 is 20.1 Å². The largest absolute Gasteiger partial charge is 3.00 e. The van der Waals surface area contributed by atoms with Crippen LogP contribution in [-0.2, 0) is 32.9 Å². The fourth-order valence-corrected chi connectivity index (χ4v) is 10.4. The molecule has 0 fully saturated rings. The van der Waals surface area contributed by atoms with Crippen molar-refractivity contribution in [3.63, 3.8) is 0 Å². The van der Waals surface area contributed by atoms with Crippen LogP contribution in [0.1, 0.15) is 11.1 Å². The second kappa shape index (κ2) is 18.8. The van der Waals surface area contributed by atoms with Gasteiger partial charge in [0.25, 0.3) is 0 Å². The number of nitrogens with zero attached hydrogens (tertiary/aromatic N) is 6. The predicted molar refractivity (Wildman–Crippen MR) is 274 cm³/mol. The van der Waals surface area contributed by atoms with E-state index in [0.717, 1.165) is 91.3 Å². The normalized spacial score (nSPS) is 11.2. The van der Waals surface area contributed by atoms with Gasteiger partial charge in [-0.05, 0) is 106 Å². The molecule has 0 N–H and O–H groups in total. The number of hydrogen-bond donors (Lipinski definition) is 0. The van der Waals surface area contributed by atoms with Crippen molar-refractivity contribution in [1.82, 2.24) is 28.9 Å². The molecule has 8 heteroatoms. The average Bonchev–Trinajstić information content (AvgIpc) is 4.08. The fraction of sp³-hybridized carbons (Fsp3) is 0.0333. The van der Waals surface area contributed by atoms with Crippen LogP contribution >= 0.6 is 11.3 Å². The summed E-state index contributed by atoms with van der Waals surface area (Å²) in [6.07, 6.45) is 7.26. The number of benzene rings is 7. The molecule has 0 spiro atoms. The summed E-state index contributed by atoms with van der Waals surface area (Å²) in [7, 11) is 0. The second-order valence-corrected chi connectivity index (χ2v) is 17.4. The number of fused-ring (bicyclic) bond motifs is 8. The van der Waals surface area contributed by atoms with Crippen molar-refractivity contribution >= 4 is 59.4 Å². The van der Waals surface area contributed by atoms with Gasteiger partial charge in [0.15, 0.2) is 0 Å². The minimum atomic E-state index is 0. The Morgan fingerprint density at radius 2 is 1.31 bits per heavy atom. The number of aryl methyl sites for hydroxylation is 2. The van der Waals surface area contributed by atoms with Crippen LogP contribution in [0.3, 0.4) is 0 Å². The Kier molecular flexibility index (Phi) is 11.8. The van der Waals surface area contributed by atoms with Crippen molar-refractivity contribution in [2.24, 2.45) is 0 Å². The first-order chi connectivity index (χ1) is 33.2. The molecule has 6 nitrogen and oxygen atoms in total. The summed E-state index contributed by atoms with van der Waals surface area (Å²) in [5.41, 5.74) is 16.0. The van der Waals surface area contributed by atoms with E-state index in [1.807, 2.05) is 103 Å². The van der Waals surface area contributed by atoms with Crippen molar-refractivity contribution in [2.75, 3.05) is 0 Å². The first-order valence-electron chi connectivity index (χ1n) is 22.3. The third-order valence-corrected chi connectivity index (χ3v) is 13.5. The van der Waals surface area contributed by atoms with Gasteiger partial charge in [0.2, 0.25) is 5.78 Å². The molecule has 6 heterocycles. The Bertz CT molecular complexity index is 3870. The first-order valence-corrected chi connectivity index (χ1v) is 23.1. The van der Waals surface area contributed by atoms with E-state index in [9.17, 15) is 0 Å². The molecule has 0 aliphatic carbocycles. The zero-order valence-electron chi connectivity index (χ0n) is 36.5. The van der Waals surface area contributed by atoms with Gasteiger partial charge in [0.1, 0.15) is 0 Å². The van der Waals surface area contributed by atoms with Gasteiger partial charge in [-0.3, -0.25) is 8.97 Å². The van der Waals surface area contributed by atoms with E-state index in [4.69, 9.17) is 9.97 Å². The molecule has 0 amide bonds. The number of para-hydroxylation sites is 2. The van der Waals surface area contributed by atoms with Crippen LogP contribution in [0.5, 0.6) is 0 Å². The van der Waals surface area contributed by atoms with E-state index < -0.39 is 0 Å². The standard InChI is InChI=1S/C43H29N5.C17H10NS.Ir/c1-3-12-31(13-4-1)41-32(16-11-27-45-41)24-22-30-23-25-39-40(28-30)48-42-36(33-14-9-15-34(29-33)37-20-7-8-26-44-37)19-10-21-38(42)46-43(48)47(39)35-17-5-2-6-18-35;1-2-10-16-12(6-1)13-7-5-8-14(17(13)19-16)15-9-3-4-11-18-15;/h1-12,14,16-21,23,25-29H,22,24H2;1-7,9-11H;/q-2;-1;+3. The van der Waals surface area contributed by atoms with Crippen LogP contribution in [0.15, 0.2) is 213 Å². The maximum Gasteiger partial charge on any atom is 3.00 e. The van der Waals surface area contributed by atoms with Gasteiger partial charge < -0.3 is 15.0 Å². The molecular formula is C60H39IrN6S. The third kappa shape index (κ3) is 7.99. The van der Waals surface area contributed by atoms with E-state index in [1.165, 1.54) is 31.3 Å². The molecule has 0 aliphatic heterocycles. The predicted octanol–water partition coefficient (Wildman–Crippen LogP) is 14.5. The van der Waals surface area contributed by atoms with Crippen LogP contribution in [0.4, 0.5) is 0 Å². The number of hydrogen-bond acceptors (Lipinski definition) is 5. The number of thiophene rings is 1. The molecule has 0 radical (unpaired) electrons.